The third kappa shape index (κ3) is 1.88. The van der Waals surface area contributed by atoms with Crippen LogP contribution in [0.4, 0.5) is 0 Å². The summed E-state index contributed by atoms with van der Waals surface area (Å²) in [5.41, 5.74) is 8.86. The fraction of sp³-hybridized carbons (Fsp3) is 0.400. The van der Waals surface area contributed by atoms with Crippen LogP contribution in [0, 0.1) is 34.6 Å². The molecule has 0 aliphatic carbocycles. The first-order chi connectivity index (χ1) is 7.91. The second kappa shape index (κ2) is 4.02. The first-order valence-electron chi connectivity index (χ1n) is 6.00. The van der Waals surface area contributed by atoms with Crippen molar-refractivity contribution in [2.24, 2.45) is 7.05 Å². The standard InChI is InChI=1S/C15H20N2/c1-9-7-10(2)11(3)14(8-9)15-12(4)13(5)17(6)16-15/h7-8H,1-6H3. The van der Waals surface area contributed by atoms with Gasteiger partial charge in [-0.15, -0.1) is 0 Å². The number of aromatic nitrogens is 2. The Morgan fingerprint density at radius 2 is 1.59 bits per heavy atom. The zero-order chi connectivity index (χ0) is 12.7. The number of aryl methyl sites for hydroxylation is 3. The van der Waals surface area contributed by atoms with E-state index in [2.05, 4.69) is 51.9 Å². The first-order valence-corrected chi connectivity index (χ1v) is 6.00. The van der Waals surface area contributed by atoms with Crippen LogP contribution >= 0.6 is 0 Å². The van der Waals surface area contributed by atoms with E-state index >= 15 is 0 Å². The molecule has 17 heavy (non-hydrogen) atoms. The highest BCUT2D eigenvalue weighted by atomic mass is 15.3. The maximum absolute atomic E-state index is 4.64. The highest BCUT2D eigenvalue weighted by molar-refractivity contribution is 5.69. The molecule has 90 valence electrons. The van der Waals surface area contributed by atoms with Gasteiger partial charge in [-0.1, -0.05) is 11.6 Å². The maximum Gasteiger partial charge on any atom is 0.0957 e. The molecule has 0 fully saturated rings. The zero-order valence-corrected chi connectivity index (χ0v) is 11.5. The van der Waals surface area contributed by atoms with Gasteiger partial charge in [0.1, 0.15) is 0 Å². The van der Waals surface area contributed by atoms with Crippen molar-refractivity contribution in [2.75, 3.05) is 0 Å². The molecule has 0 saturated carbocycles. The van der Waals surface area contributed by atoms with Gasteiger partial charge in [-0.25, -0.2) is 0 Å². The van der Waals surface area contributed by atoms with E-state index in [-0.39, 0.29) is 0 Å². The van der Waals surface area contributed by atoms with E-state index < -0.39 is 0 Å². The van der Waals surface area contributed by atoms with E-state index in [1.54, 1.807) is 0 Å². The molecular formula is C15H20N2. The lowest BCUT2D eigenvalue weighted by Gasteiger charge is -2.09. The Hall–Kier alpha value is -1.57. The van der Waals surface area contributed by atoms with Crippen LogP contribution < -0.4 is 0 Å². The monoisotopic (exact) mass is 228 g/mol. The fourth-order valence-electron chi connectivity index (χ4n) is 2.26. The van der Waals surface area contributed by atoms with Crippen LogP contribution in [0.15, 0.2) is 12.1 Å². The molecule has 0 bridgehead atoms. The van der Waals surface area contributed by atoms with Gasteiger partial charge in [0.15, 0.2) is 0 Å². The Bertz CT molecular complexity index is 577. The Morgan fingerprint density at radius 3 is 2.12 bits per heavy atom. The molecule has 0 atom stereocenters. The SMILES string of the molecule is Cc1cc(C)c(C)c(-c2nn(C)c(C)c2C)c1. The predicted octanol–water partition coefficient (Wildman–Crippen LogP) is 3.63. The van der Waals surface area contributed by atoms with Crippen LogP contribution in [0.3, 0.4) is 0 Å². The number of benzene rings is 1. The molecule has 0 N–H and O–H groups in total. The number of hydrogen-bond donors (Lipinski definition) is 0. The minimum Gasteiger partial charge on any atom is -0.272 e. The second-order valence-electron chi connectivity index (χ2n) is 4.94. The van der Waals surface area contributed by atoms with Crippen molar-refractivity contribution in [1.82, 2.24) is 9.78 Å². The molecule has 2 nitrogen and oxygen atoms in total. The van der Waals surface area contributed by atoms with Gasteiger partial charge in [0.2, 0.25) is 0 Å². The molecule has 2 aromatic rings. The highest BCUT2D eigenvalue weighted by Gasteiger charge is 2.13. The Kier molecular flexibility index (Phi) is 2.82. The Balaban J connectivity index is 2.72. The lowest BCUT2D eigenvalue weighted by molar-refractivity contribution is 0.741. The van der Waals surface area contributed by atoms with Crippen molar-refractivity contribution in [3.63, 3.8) is 0 Å². The van der Waals surface area contributed by atoms with E-state index in [4.69, 9.17) is 0 Å². The third-order valence-electron chi connectivity index (χ3n) is 3.70. The van der Waals surface area contributed by atoms with E-state index in [1.165, 1.54) is 33.5 Å². The van der Waals surface area contributed by atoms with E-state index in [0.29, 0.717) is 0 Å². The molecule has 0 aliphatic heterocycles. The van der Waals surface area contributed by atoms with Crippen molar-refractivity contribution in [3.05, 3.63) is 40.1 Å². The summed E-state index contributed by atoms with van der Waals surface area (Å²) in [7, 11) is 2.00. The van der Waals surface area contributed by atoms with E-state index in [9.17, 15) is 0 Å². The Labute approximate surface area is 103 Å². The summed E-state index contributed by atoms with van der Waals surface area (Å²) in [5, 5.41) is 4.64. The summed E-state index contributed by atoms with van der Waals surface area (Å²) in [6.45, 7) is 10.7. The van der Waals surface area contributed by atoms with Crippen molar-refractivity contribution in [3.8, 4) is 11.3 Å². The highest BCUT2D eigenvalue weighted by Crippen LogP contribution is 2.29. The smallest absolute Gasteiger partial charge is 0.0957 e. The predicted molar refractivity (Wildman–Crippen MR) is 72.3 cm³/mol. The molecule has 0 aliphatic rings. The second-order valence-corrected chi connectivity index (χ2v) is 4.94. The molecule has 0 saturated heterocycles. The summed E-state index contributed by atoms with van der Waals surface area (Å²) >= 11 is 0. The largest absolute Gasteiger partial charge is 0.272 e. The average Bonchev–Trinajstić information content (AvgIpc) is 2.51. The van der Waals surface area contributed by atoms with Crippen LogP contribution in [-0.4, -0.2) is 9.78 Å². The summed E-state index contributed by atoms with van der Waals surface area (Å²) in [6.07, 6.45) is 0. The lowest BCUT2D eigenvalue weighted by atomic mass is 9.96. The number of hydrogen-bond acceptors (Lipinski definition) is 1. The van der Waals surface area contributed by atoms with Gasteiger partial charge >= 0.3 is 0 Å². The lowest BCUT2D eigenvalue weighted by Crippen LogP contribution is -1.94. The summed E-state index contributed by atoms with van der Waals surface area (Å²) in [4.78, 5) is 0. The van der Waals surface area contributed by atoms with Gasteiger partial charge in [-0.05, 0) is 57.4 Å². The third-order valence-corrected chi connectivity index (χ3v) is 3.70. The van der Waals surface area contributed by atoms with Crippen LogP contribution in [0.2, 0.25) is 0 Å². The molecular weight excluding hydrogens is 208 g/mol. The quantitative estimate of drug-likeness (QED) is 0.728. The van der Waals surface area contributed by atoms with Crippen LogP contribution in [0.25, 0.3) is 11.3 Å². The minimum absolute atomic E-state index is 1.12. The molecule has 1 aromatic carbocycles. The van der Waals surface area contributed by atoms with Crippen molar-refractivity contribution in [2.45, 2.75) is 34.6 Å². The van der Waals surface area contributed by atoms with Gasteiger partial charge in [-0.3, -0.25) is 4.68 Å². The molecule has 0 unspecified atom stereocenters. The van der Waals surface area contributed by atoms with E-state index in [0.717, 1.165) is 5.69 Å². The van der Waals surface area contributed by atoms with Crippen LogP contribution in [0.1, 0.15) is 27.9 Å². The topological polar surface area (TPSA) is 17.8 Å². The summed E-state index contributed by atoms with van der Waals surface area (Å²) < 4.78 is 1.96. The first kappa shape index (κ1) is 11.9. The maximum atomic E-state index is 4.64. The van der Waals surface area contributed by atoms with Crippen LogP contribution in [0.5, 0.6) is 0 Å². The van der Waals surface area contributed by atoms with Gasteiger partial charge < -0.3 is 0 Å². The zero-order valence-electron chi connectivity index (χ0n) is 11.5. The molecule has 2 rings (SSSR count). The average molecular weight is 228 g/mol. The molecule has 1 heterocycles. The van der Waals surface area contributed by atoms with E-state index in [1.807, 2.05) is 11.7 Å². The fourth-order valence-corrected chi connectivity index (χ4v) is 2.26. The normalized spacial score (nSPS) is 10.9. The van der Waals surface area contributed by atoms with Gasteiger partial charge in [-0.2, -0.15) is 5.10 Å². The summed E-state index contributed by atoms with van der Waals surface area (Å²) in [6, 6.07) is 4.46. The van der Waals surface area contributed by atoms with Gasteiger partial charge in [0, 0.05) is 18.3 Å². The molecule has 0 radical (unpaired) electrons. The van der Waals surface area contributed by atoms with Crippen molar-refractivity contribution >= 4 is 0 Å². The minimum atomic E-state index is 1.12. The van der Waals surface area contributed by atoms with Crippen LogP contribution in [-0.2, 0) is 7.05 Å². The molecule has 2 heteroatoms. The Morgan fingerprint density at radius 1 is 0.941 bits per heavy atom. The molecule has 0 spiro atoms. The number of nitrogens with zero attached hydrogens (tertiary/aromatic N) is 2. The van der Waals surface area contributed by atoms with Crippen molar-refractivity contribution in [1.29, 1.82) is 0 Å². The summed E-state index contributed by atoms with van der Waals surface area (Å²) in [5.74, 6) is 0. The van der Waals surface area contributed by atoms with Gasteiger partial charge in [0.25, 0.3) is 0 Å². The molecule has 0 amide bonds. The molecule has 1 aromatic heterocycles. The van der Waals surface area contributed by atoms with Gasteiger partial charge in [0.05, 0.1) is 5.69 Å². The van der Waals surface area contributed by atoms with Crippen molar-refractivity contribution < 1.29 is 0 Å². The number of rotatable bonds is 1.